The summed E-state index contributed by atoms with van der Waals surface area (Å²) in [5.41, 5.74) is 6.13. The number of carbonyl (C=O) groups is 1. The van der Waals surface area contributed by atoms with Crippen molar-refractivity contribution in [3.05, 3.63) is 36.2 Å². The first-order valence-corrected chi connectivity index (χ1v) is 6.05. The van der Waals surface area contributed by atoms with E-state index >= 15 is 0 Å². The summed E-state index contributed by atoms with van der Waals surface area (Å²) in [6.45, 7) is 0.507. The van der Waals surface area contributed by atoms with Crippen LogP contribution >= 0.6 is 0 Å². The molecular weight excluding hydrogens is 262 g/mol. The van der Waals surface area contributed by atoms with Crippen molar-refractivity contribution in [3.8, 4) is 17.2 Å². The number of nitrogens with zero attached hydrogens (tertiary/aromatic N) is 1. The highest BCUT2D eigenvalue weighted by Gasteiger charge is 2.25. The number of primary amides is 1. The van der Waals surface area contributed by atoms with Crippen LogP contribution in [0.2, 0.25) is 0 Å². The molecule has 1 aliphatic heterocycles. The first-order chi connectivity index (χ1) is 9.72. The third-order valence-electron chi connectivity index (χ3n) is 2.85. The second-order valence-electron chi connectivity index (χ2n) is 4.32. The van der Waals surface area contributed by atoms with Crippen LogP contribution in [0, 0.1) is 0 Å². The smallest absolute Gasteiger partial charge is 0.262 e. The Balaban J connectivity index is 1.72. The van der Waals surface area contributed by atoms with Gasteiger partial charge in [0.15, 0.2) is 11.5 Å². The molecular formula is C13H13N3O4. The number of ether oxygens (including phenoxy) is 3. The first kappa shape index (κ1) is 12.3. The highest BCUT2D eigenvalue weighted by molar-refractivity contribution is 5.79. The topological polar surface area (TPSA) is 99.5 Å². The predicted molar refractivity (Wildman–Crippen MR) is 68.5 cm³/mol. The van der Waals surface area contributed by atoms with Gasteiger partial charge in [-0.1, -0.05) is 0 Å². The minimum absolute atomic E-state index is 0.123. The molecule has 0 unspecified atom stereocenters. The number of carbonyl (C=O) groups excluding carboxylic acids is 1. The van der Waals surface area contributed by atoms with E-state index in [1.807, 2.05) is 0 Å². The normalized spacial score (nSPS) is 16.7. The number of fused-ring (bicyclic) bond motifs is 1. The molecule has 0 fully saturated rings. The van der Waals surface area contributed by atoms with Crippen molar-refractivity contribution >= 4 is 5.91 Å². The number of amides is 1. The Morgan fingerprint density at radius 1 is 1.50 bits per heavy atom. The highest BCUT2D eigenvalue weighted by atomic mass is 16.6. The number of aromatic amines is 1. The van der Waals surface area contributed by atoms with Gasteiger partial charge in [-0.15, -0.1) is 0 Å². The summed E-state index contributed by atoms with van der Waals surface area (Å²) in [5, 5.41) is 6.54. The Kier molecular flexibility index (Phi) is 3.16. The molecule has 2 aromatic rings. The van der Waals surface area contributed by atoms with Crippen molar-refractivity contribution < 1.29 is 19.0 Å². The molecule has 0 saturated heterocycles. The molecule has 0 bridgehead atoms. The van der Waals surface area contributed by atoms with Crippen LogP contribution in [0.4, 0.5) is 0 Å². The van der Waals surface area contributed by atoms with Gasteiger partial charge in [-0.25, -0.2) is 0 Å². The van der Waals surface area contributed by atoms with Gasteiger partial charge in [-0.05, 0) is 12.1 Å². The van der Waals surface area contributed by atoms with E-state index in [0.717, 1.165) is 5.56 Å². The van der Waals surface area contributed by atoms with Gasteiger partial charge in [0.25, 0.3) is 5.91 Å². The fourth-order valence-electron chi connectivity index (χ4n) is 1.81. The van der Waals surface area contributed by atoms with E-state index in [4.69, 9.17) is 19.9 Å². The van der Waals surface area contributed by atoms with Gasteiger partial charge >= 0.3 is 0 Å². The van der Waals surface area contributed by atoms with Gasteiger partial charge < -0.3 is 19.9 Å². The molecule has 104 valence electrons. The summed E-state index contributed by atoms with van der Waals surface area (Å²) in [6.07, 6.45) is 2.66. The summed E-state index contributed by atoms with van der Waals surface area (Å²) < 4.78 is 16.5. The van der Waals surface area contributed by atoms with Crippen molar-refractivity contribution in [1.29, 1.82) is 0 Å². The lowest BCUT2D eigenvalue weighted by Crippen LogP contribution is -2.40. The zero-order valence-corrected chi connectivity index (χ0v) is 10.5. The molecule has 1 aliphatic rings. The Hall–Kier alpha value is -2.70. The third-order valence-corrected chi connectivity index (χ3v) is 2.85. The molecule has 3 rings (SSSR count). The summed E-state index contributed by atoms with van der Waals surface area (Å²) in [7, 11) is 0. The Morgan fingerprint density at radius 2 is 2.40 bits per heavy atom. The van der Waals surface area contributed by atoms with E-state index in [0.29, 0.717) is 23.9 Å². The lowest BCUT2D eigenvalue weighted by Gasteiger charge is -2.24. The van der Waals surface area contributed by atoms with Crippen molar-refractivity contribution in [2.75, 3.05) is 6.61 Å². The second kappa shape index (κ2) is 5.12. The zero-order chi connectivity index (χ0) is 13.9. The third kappa shape index (κ3) is 2.51. The van der Waals surface area contributed by atoms with Crippen LogP contribution in [-0.4, -0.2) is 28.8 Å². The number of hydrogen-bond acceptors (Lipinski definition) is 5. The second-order valence-corrected chi connectivity index (χ2v) is 4.32. The SMILES string of the molecule is NC(=O)[C@H]1COc2ccc(OCc3cn[nH]c3)cc2O1. The largest absolute Gasteiger partial charge is 0.489 e. The first-order valence-electron chi connectivity index (χ1n) is 6.05. The number of hydrogen-bond donors (Lipinski definition) is 2. The molecule has 7 nitrogen and oxygen atoms in total. The van der Waals surface area contributed by atoms with Gasteiger partial charge in [-0.2, -0.15) is 5.10 Å². The summed E-state index contributed by atoms with van der Waals surface area (Å²) in [6, 6.07) is 5.18. The maximum absolute atomic E-state index is 11.1. The predicted octanol–water partition coefficient (Wildman–Crippen LogP) is 0.614. The fourth-order valence-corrected chi connectivity index (χ4v) is 1.81. The summed E-state index contributed by atoms with van der Waals surface area (Å²) in [5.74, 6) is 1.07. The molecule has 2 heterocycles. The van der Waals surface area contributed by atoms with Crippen molar-refractivity contribution in [1.82, 2.24) is 10.2 Å². The lowest BCUT2D eigenvalue weighted by molar-refractivity contribution is -0.127. The fraction of sp³-hybridized carbons (Fsp3) is 0.231. The van der Waals surface area contributed by atoms with E-state index < -0.39 is 12.0 Å². The van der Waals surface area contributed by atoms with Crippen LogP contribution in [0.1, 0.15) is 5.56 Å². The van der Waals surface area contributed by atoms with Crippen LogP contribution in [-0.2, 0) is 11.4 Å². The van der Waals surface area contributed by atoms with Crippen LogP contribution in [0.15, 0.2) is 30.6 Å². The standard InChI is InChI=1S/C13H13N3O4/c14-13(17)12-7-19-10-2-1-9(3-11(10)20-12)18-6-8-4-15-16-5-8/h1-5,12H,6-7H2,(H2,14,17)(H,15,16)/t12-/m1/s1. The Labute approximate surface area is 114 Å². The Morgan fingerprint density at radius 3 is 3.15 bits per heavy atom. The summed E-state index contributed by atoms with van der Waals surface area (Å²) >= 11 is 0. The average molecular weight is 275 g/mol. The highest BCUT2D eigenvalue weighted by Crippen LogP contribution is 2.35. The van der Waals surface area contributed by atoms with E-state index in [2.05, 4.69) is 10.2 Å². The van der Waals surface area contributed by atoms with Crippen LogP contribution in [0.25, 0.3) is 0 Å². The van der Waals surface area contributed by atoms with E-state index in [-0.39, 0.29) is 6.61 Å². The molecule has 7 heteroatoms. The quantitative estimate of drug-likeness (QED) is 0.851. The van der Waals surface area contributed by atoms with E-state index in [9.17, 15) is 4.79 Å². The van der Waals surface area contributed by atoms with Crippen molar-refractivity contribution in [2.24, 2.45) is 5.73 Å². The molecule has 1 amide bonds. The van der Waals surface area contributed by atoms with E-state index in [1.165, 1.54) is 0 Å². The zero-order valence-electron chi connectivity index (χ0n) is 10.5. The van der Waals surface area contributed by atoms with Crippen molar-refractivity contribution in [2.45, 2.75) is 12.7 Å². The number of aromatic nitrogens is 2. The van der Waals surface area contributed by atoms with Gasteiger partial charge in [0, 0.05) is 17.8 Å². The average Bonchev–Trinajstić information content (AvgIpc) is 2.97. The molecule has 0 radical (unpaired) electrons. The minimum Gasteiger partial charge on any atom is -0.489 e. The van der Waals surface area contributed by atoms with E-state index in [1.54, 1.807) is 30.6 Å². The monoisotopic (exact) mass is 275 g/mol. The maximum Gasteiger partial charge on any atom is 0.262 e. The van der Waals surface area contributed by atoms with Gasteiger partial charge in [-0.3, -0.25) is 9.89 Å². The number of H-pyrrole nitrogens is 1. The van der Waals surface area contributed by atoms with Crippen molar-refractivity contribution in [3.63, 3.8) is 0 Å². The molecule has 1 aromatic carbocycles. The molecule has 1 atom stereocenters. The van der Waals surface area contributed by atoms with Crippen LogP contribution < -0.4 is 19.9 Å². The molecule has 0 aliphatic carbocycles. The lowest BCUT2D eigenvalue weighted by atomic mass is 10.2. The molecule has 20 heavy (non-hydrogen) atoms. The van der Waals surface area contributed by atoms with Gasteiger partial charge in [0.05, 0.1) is 6.20 Å². The number of rotatable bonds is 4. The number of nitrogens with one attached hydrogen (secondary N) is 1. The Bertz CT molecular complexity index is 612. The molecule has 3 N–H and O–H groups in total. The number of nitrogens with two attached hydrogens (primary N) is 1. The molecule has 0 saturated carbocycles. The molecule has 1 aromatic heterocycles. The van der Waals surface area contributed by atoms with Gasteiger partial charge in [0.1, 0.15) is 19.0 Å². The number of benzene rings is 1. The maximum atomic E-state index is 11.1. The summed E-state index contributed by atoms with van der Waals surface area (Å²) in [4.78, 5) is 11.1. The molecule has 0 spiro atoms. The van der Waals surface area contributed by atoms with Crippen LogP contribution in [0.3, 0.4) is 0 Å². The minimum atomic E-state index is -0.772. The van der Waals surface area contributed by atoms with Crippen LogP contribution in [0.5, 0.6) is 17.2 Å². The van der Waals surface area contributed by atoms with Gasteiger partial charge in [0.2, 0.25) is 6.10 Å².